The van der Waals surface area contributed by atoms with Crippen molar-refractivity contribution in [2.45, 2.75) is 13.0 Å². The van der Waals surface area contributed by atoms with Gasteiger partial charge in [-0.3, -0.25) is 4.79 Å². The van der Waals surface area contributed by atoms with E-state index in [1.54, 1.807) is 17.9 Å². The molecule has 0 spiro atoms. The highest BCUT2D eigenvalue weighted by molar-refractivity contribution is 6.68. The first-order valence-corrected chi connectivity index (χ1v) is 5.53. The van der Waals surface area contributed by atoms with Gasteiger partial charge in [0.05, 0.1) is 0 Å². The largest absolute Gasteiger partial charge is 0.368 e. The van der Waals surface area contributed by atoms with E-state index in [0.717, 1.165) is 5.69 Å². The molecular formula is C12H12ClN3O. The number of nitrogens with two attached hydrogens (primary N) is 1. The summed E-state index contributed by atoms with van der Waals surface area (Å²) in [4.78, 5) is 17.2. The van der Waals surface area contributed by atoms with Gasteiger partial charge in [0.1, 0.15) is 6.04 Å². The number of allylic oxidation sites excluding steroid dienone is 1. The molecule has 17 heavy (non-hydrogen) atoms. The first-order valence-electron chi connectivity index (χ1n) is 5.16. The molecule has 2 N–H and O–H groups in total. The van der Waals surface area contributed by atoms with Gasteiger partial charge in [-0.15, -0.1) is 0 Å². The monoisotopic (exact) mass is 249 g/mol. The van der Waals surface area contributed by atoms with Crippen LogP contribution < -0.4 is 10.6 Å². The van der Waals surface area contributed by atoms with Gasteiger partial charge in [-0.1, -0.05) is 18.2 Å². The quantitative estimate of drug-likeness (QED) is 0.814. The second kappa shape index (κ2) is 4.59. The molecule has 0 unspecified atom stereocenters. The van der Waals surface area contributed by atoms with Crippen LogP contribution in [0.2, 0.25) is 0 Å². The summed E-state index contributed by atoms with van der Waals surface area (Å²) in [5, 5.41) is 0.250. The topological polar surface area (TPSA) is 58.7 Å². The molecule has 1 aromatic carbocycles. The van der Waals surface area contributed by atoms with Gasteiger partial charge in [0.15, 0.2) is 0 Å². The molecule has 88 valence electrons. The summed E-state index contributed by atoms with van der Waals surface area (Å²) in [7, 11) is 0. The molecule has 1 aliphatic rings. The summed E-state index contributed by atoms with van der Waals surface area (Å²) in [6.45, 7) is 1.78. The number of amides is 1. The third kappa shape index (κ3) is 2.31. The molecule has 0 saturated carbocycles. The summed E-state index contributed by atoms with van der Waals surface area (Å²) < 4.78 is 0. The van der Waals surface area contributed by atoms with Crippen molar-refractivity contribution >= 4 is 28.5 Å². The van der Waals surface area contributed by atoms with Crippen LogP contribution in [0.5, 0.6) is 0 Å². The van der Waals surface area contributed by atoms with Gasteiger partial charge in [-0.05, 0) is 36.7 Å². The Morgan fingerprint density at radius 1 is 1.41 bits per heavy atom. The van der Waals surface area contributed by atoms with Crippen LogP contribution in [0.3, 0.4) is 0 Å². The summed E-state index contributed by atoms with van der Waals surface area (Å²) in [6, 6.07) is 8.72. The molecule has 0 saturated heterocycles. The number of amidine groups is 1. The molecule has 5 heteroatoms. The van der Waals surface area contributed by atoms with Gasteiger partial charge >= 0.3 is 0 Å². The predicted octanol–water partition coefficient (Wildman–Crippen LogP) is 1.86. The van der Waals surface area contributed by atoms with Gasteiger partial charge < -0.3 is 10.6 Å². The second-order valence-corrected chi connectivity index (χ2v) is 4.08. The molecule has 0 radical (unpaired) electrons. The standard InChI is InChI=1S/C12H12ClN3O/c1-8-7-10(11(14)17)16(12(13)15-8)9-5-3-2-4-6-9/h2-7,10H,1H3,(H2,14,17)/t10-/m1/s1. The van der Waals surface area contributed by atoms with Crippen LogP contribution in [0.4, 0.5) is 5.69 Å². The maximum absolute atomic E-state index is 11.5. The van der Waals surface area contributed by atoms with Crippen LogP contribution >= 0.6 is 11.6 Å². The molecule has 1 atom stereocenters. The molecule has 0 fully saturated rings. The Balaban J connectivity index is 2.44. The number of halogens is 1. The van der Waals surface area contributed by atoms with E-state index in [4.69, 9.17) is 17.3 Å². The number of hydrogen-bond acceptors (Lipinski definition) is 3. The van der Waals surface area contributed by atoms with E-state index in [2.05, 4.69) is 4.99 Å². The zero-order valence-corrected chi connectivity index (χ0v) is 10.1. The molecule has 1 heterocycles. The van der Waals surface area contributed by atoms with Crippen molar-refractivity contribution in [1.29, 1.82) is 0 Å². The number of benzene rings is 1. The molecule has 0 aromatic heterocycles. The number of carbonyl (C=O) groups excluding carboxylic acids is 1. The van der Waals surface area contributed by atoms with E-state index in [1.165, 1.54) is 0 Å². The number of aliphatic imine (C=N–C) groups is 1. The first-order chi connectivity index (χ1) is 8.09. The summed E-state index contributed by atoms with van der Waals surface area (Å²) >= 11 is 6.08. The van der Waals surface area contributed by atoms with E-state index in [1.807, 2.05) is 30.3 Å². The smallest absolute Gasteiger partial charge is 0.244 e. The van der Waals surface area contributed by atoms with Crippen molar-refractivity contribution in [3.63, 3.8) is 0 Å². The predicted molar refractivity (Wildman–Crippen MR) is 68.9 cm³/mol. The zero-order chi connectivity index (χ0) is 12.4. The molecule has 1 aliphatic heterocycles. The highest BCUT2D eigenvalue weighted by Crippen LogP contribution is 2.24. The fourth-order valence-corrected chi connectivity index (χ4v) is 2.06. The Kier molecular flexibility index (Phi) is 3.15. The lowest BCUT2D eigenvalue weighted by atomic mass is 10.1. The summed E-state index contributed by atoms with van der Waals surface area (Å²) in [6.07, 6.45) is 1.70. The molecule has 4 nitrogen and oxygen atoms in total. The highest BCUT2D eigenvalue weighted by atomic mass is 35.5. The number of rotatable bonds is 2. The van der Waals surface area contributed by atoms with Crippen molar-refractivity contribution in [1.82, 2.24) is 0 Å². The van der Waals surface area contributed by atoms with Gasteiger partial charge in [0.2, 0.25) is 11.2 Å². The maximum atomic E-state index is 11.5. The van der Waals surface area contributed by atoms with Crippen LogP contribution in [-0.2, 0) is 4.79 Å². The van der Waals surface area contributed by atoms with E-state index in [0.29, 0.717) is 5.70 Å². The van der Waals surface area contributed by atoms with Crippen LogP contribution in [0.1, 0.15) is 6.92 Å². The minimum Gasteiger partial charge on any atom is -0.368 e. The number of para-hydroxylation sites is 1. The molecule has 1 amide bonds. The minimum absolute atomic E-state index is 0.250. The molecule has 2 rings (SSSR count). The SMILES string of the molecule is CC1=C[C@H](C(N)=O)N(c2ccccc2)C(Cl)=N1. The summed E-state index contributed by atoms with van der Waals surface area (Å²) in [5.74, 6) is -0.457. The van der Waals surface area contributed by atoms with Crippen LogP contribution in [0.15, 0.2) is 47.1 Å². The molecule has 1 aromatic rings. The normalized spacial score (nSPS) is 19.6. The van der Waals surface area contributed by atoms with Gasteiger partial charge in [0.25, 0.3) is 0 Å². The minimum atomic E-state index is -0.595. The zero-order valence-electron chi connectivity index (χ0n) is 9.30. The lowest BCUT2D eigenvalue weighted by Gasteiger charge is -2.30. The molecular weight excluding hydrogens is 238 g/mol. The van der Waals surface area contributed by atoms with Crippen molar-refractivity contribution < 1.29 is 4.79 Å². The summed E-state index contributed by atoms with van der Waals surface area (Å²) in [5.41, 5.74) is 6.85. The number of primary amides is 1. The third-order valence-electron chi connectivity index (χ3n) is 2.47. The Hall–Kier alpha value is -1.81. The Morgan fingerprint density at radius 2 is 2.06 bits per heavy atom. The van der Waals surface area contributed by atoms with Crippen LogP contribution in [0.25, 0.3) is 0 Å². The Labute approximate surface area is 104 Å². The fourth-order valence-electron chi connectivity index (χ4n) is 1.72. The van der Waals surface area contributed by atoms with Gasteiger partial charge in [-0.25, -0.2) is 4.99 Å². The molecule has 0 bridgehead atoms. The van der Waals surface area contributed by atoms with Crippen molar-refractivity contribution in [2.24, 2.45) is 10.7 Å². The van der Waals surface area contributed by atoms with E-state index < -0.39 is 11.9 Å². The maximum Gasteiger partial charge on any atom is 0.244 e. The van der Waals surface area contributed by atoms with Crippen LogP contribution in [-0.4, -0.2) is 17.2 Å². The average molecular weight is 250 g/mol. The highest BCUT2D eigenvalue weighted by Gasteiger charge is 2.28. The van der Waals surface area contributed by atoms with Gasteiger partial charge in [0, 0.05) is 11.4 Å². The molecule has 0 aliphatic carbocycles. The van der Waals surface area contributed by atoms with E-state index in [-0.39, 0.29) is 5.29 Å². The average Bonchev–Trinajstić information content (AvgIpc) is 2.29. The van der Waals surface area contributed by atoms with Gasteiger partial charge in [-0.2, -0.15) is 0 Å². The van der Waals surface area contributed by atoms with Crippen LogP contribution in [0, 0.1) is 0 Å². The number of carbonyl (C=O) groups is 1. The van der Waals surface area contributed by atoms with Crippen molar-refractivity contribution in [2.75, 3.05) is 4.90 Å². The number of hydrogen-bond donors (Lipinski definition) is 1. The van der Waals surface area contributed by atoms with Crippen molar-refractivity contribution in [3.8, 4) is 0 Å². The first kappa shape index (κ1) is 11.7. The lowest BCUT2D eigenvalue weighted by Crippen LogP contribution is -2.47. The van der Waals surface area contributed by atoms with E-state index in [9.17, 15) is 4.79 Å². The third-order valence-corrected chi connectivity index (χ3v) is 2.74. The second-order valence-electron chi connectivity index (χ2n) is 3.74. The Morgan fingerprint density at radius 3 is 2.65 bits per heavy atom. The number of anilines is 1. The Bertz CT molecular complexity index is 496. The number of nitrogens with zero attached hydrogens (tertiary/aromatic N) is 2. The lowest BCUT2D eigenvalue weighted by molar-refractivity contribution is -0.118. The fraction of sp³-hybridized carbons (Fsp3) is 0.167. The van der Waals surface area contributed by atoms with E-state index >= 15 is 0 Å². The van der Waals surface area contributed by atoms with Crippen molar-refractivity contribution in [3.05, 3.63) is 42.1 Å².